The number of carboxylic acid groups (broad SMARTS) is 1. The van der Waals surface area contributed by atoms with Gasteiger partial charge in [-0.25, -0.2) is 0 Å². The molecule has 0 fully saturated rings. The van der Waals surface area contributed by atoms with Crippen molar-refractivity contribution in [2.24, 2.45) is 5.73 Å². The molecule has 5 heteroatoms. The molecule has 1 amide bonds. The smallest absolute Gasteiger partial charge is 0.307 e. The molecular formula is C12H15NO4. The number of ether oxygens (including phenoxy) is 1. The van der Waals surface area contributed by atoms with Gasteiger partial charge in [-0.05, 0) is 24.1 Å². The predicted molar refractivity (Wildman–Crippen MR) is 61.7 cm³/mol. The lowest BCUT2D eigenvalue weighted by molar-refractivity contribution is -0.136. The van der Waals surface area contributed by atoms with Crippen LogP contribution in [0.4, 0.5) is 0 Å². The molecule has 0 bridgehead atoms. The Kier molecular flexibility index (Phi) is 5.00. The Morgan fingerprint density at radius 1 is 1.24 bits per heavy atom. The fourth-order valence-electron chi connectivity index (χ4n) is 1.31. The van der Waals surface area contributed by atoms with E-state index in [0.29, 0.717) is 25.2 Å². The third-order valence-electron chi connectivity index (χ3n) is 2.11. The molecule has 0 saturated heterocycles. The van der Waals surface area contributed by atoms with Crippen LogP contribution in [0, 0.1) is 0 Å². The van der Waals surface area contributed by atoms with Crippen LogP contribution in [0.1, 0.15) is 18.4 Å². The van der Waals surface area contributed by atoms with Gasteiger partial charge in [0.1, 0.15) is 5.75 Å². The summed E-state index contributed by atoms with van der Waals surface area (Å²) in [5.41, 5.74) is 5.71. The van der Waals surface area contributed by atoms with Gasteiger partial charge in [0, 0.05) is 6.42 Å². The highest BCUT2D eigenvalue weighted by Gasteiger charge is 2.01. The molecule has 0 atom stereocenters. The highest BCUT2D eigenvalue weighted by Crippen LogP contribution is 2.13. The first-order valence-electron chi connectivity index (χ1n) is 5.30. The van der Waals surface area contributed by atoms with Crippen molar-refractivity contribution in [1.82, 2.24) is 0 Å². The first-order valence-corrected chi connectivity index (χ1v) is 5.30. The van der Waals surface area contributed by atoms with Gasteiger partial charge in [0.2, 0.25) is 5.91 Å². The monoisotopic (exact) mass is 237 g/mol. The molecule has 0 spiro atoms. The Hall–Kier alpha value is -2.04. The van der Waals surface area contributed by atoms with Gasteiger partial charge < -0.3 is 15.6 Å². The minimum absolute atomic E-state index is 0.00194. The Bertz CT molecular complexity index is 386. The van der Waals surface area contributed by atoms with E-state index in [1.54, 1.807) is 24.3 Å². The average Bonchev–Trinajstić information content (AvgIpc) is 2.25. The van der Waals surface area contributed by atoms with Crippen LogP contribution in [0.5, 0.6) is 5.75 Å². The van der Waals surface area contributed by atoms with Crippen LogP contribution < -0.4 is 10.5 Å². The average molecular weight is 237 g/mol. The molecule has 0 aliphatic carbocycles. The van der Waals surface area contributed by atoms with Gasteiger partial charge in [-0.2, -0.15) is 0 Å². The highest BCUT2D eigenvalue weighted by atomic mass is 16.5. The van der Waals surface area contributed by atoms with Crippen LogP contribution in [0.2, 0.25) is 0 Å². The lowest BCUT2D eigenvalue weighted by Crippen LogP contribution is -2.11. The molecule has 0 aromatic heterocycles. The SMILES string of the molecule is NC(=O)CCCOc1ccc(CC(=O)O)cc1. The van der Waals surface area contributed by atoms with E-state index in [1.807, 2.05) is 0 Å². The van der Waals surface area contributed by atoms with Crippen LogP contribution in [0.15, 0.2) is 24.3 Å². The number of carbonyl (C=O) groups excluding carboxylic acids is 1. The number of benzene rings is 1. The molecule has 0 aliphatic heterocycles. The van der Waals surface area contributed by atoms with E-state index in [0.717, 1.165) is 5.56 Å². The van der Waals surface area contributed by atoms with Crippen molar-refractivity contribution in [3.8, 4) is 5.75 Å². The van der Waals surface area contributed by atoms with Crippen molar-refractivity contribution in [3.05, 3.63) is 29.8 Å². The Labute approximate surface area is 99.2 Å². The largest absolute Gasteiger partial charge is 0.494 e. The second kappa shape index (κ2) is 6.52. The molecule has 0 unspecified atom stereocenters. The molecule has 0 radical (unpaired) electrons. The van der Waals surface area contributed by atoms with Crippen LogP contribution in [-0.4, -0.2) is 23.6 Å². The molecule has 5 nitrogen and oxygen atoms in total. The lowest BCUT2D eigenvalue weighted by Gasteiger charge is -2.05. The zero-order chi connectivity index (χ0) is 12.7. The molecule has 92 valence electrons. The molecule has 1 aromatic carbocycles. The van der Waals surface area contributed by atoms with E-state index in [2.05, 4.69) is 0 Å². The predicted octanol–water partition coefficient (Wildman–Crippen LogP) is 0.958. The Morgan fingerprint density at radius 2 is 1.88 bits per heavy atom. The summed E-state index contributed by atoms with van der Waals surface area (Å²) >= 11 is 0. The summed E-state index contributed by atoms with van der Waals surface area (Å²) in [7, 11) is 0. The first-order chi connectivity index (χ1) is 8.08. The van der Waals surface area contributed by atoms with Gasteiger partial charge >= 0.3 is 5.97 Å². The van der Waals surface area contributed by atoms with Crippen LogP contribution >= 0.6 is 0 Å². The summed E-state index contributed by atoms with van der Waals surface area (Å²) in [6, 6.07) is 6.83. The standard InChI is InChI=1S/C12H15NO4/c13-11(14)2-1-7-17-10-5-3-9(4-6-10)8-12(15)16/h3-6H,1-2,7-8H2,(H2,13,14)(H,15,16). The molecule has 0 aliphatic rings. The summed E-state index contributed by atoms with van der Waals surface area (Å²) in [6.45, 7) is 0.418. The number of carbonyl (C=O) groups is 2. The zero-order valence-electron chi connectivity index (χ0n) is 9.39. The molecule has 1 aromatic rings. The maximum Gasteiger partial charge on any atom is 0.307 e. The quantitative estimate of drug-likeness (QED) is 0.691. The summed E-state index contributed by atoms with van der Waals surface area (Å²) in [6.07, 6.45) is 0.880. The minimum Gasteiger partial charge on any atom is -0.494 e. The van der Waals surface area contributed by atoms with E-state index in [1.165, 1.54) is 0 Å². The summed E-state index contributed by atoms with van der Waals surface area (Å²) in [5.74, 6) is -0.547. The van der Waals surface area contributed by atoms with Gasteiger partial charge in [-0.1, -0.05) is 12.1 Å². The number of hydrogen-bond donors (Lipinski definition) is 2. The van der Waals surface area contributed by atoms with Gasteiger partial charge in [0.25, 0.3) is 0 Å². The minimum atomic E-state index is -0.861. The van der Waals surface area contributed by atoms with Crippen LogP contribution in [0.25, 0.3) is 0 Å². The van der Waals surface area contributed by atoms with Gasteiger partial charge in [0.15, 0.2) is 0 Å². The maximum atomic E-state index is 10.5. The third kappa shape index (κ3) is 5.55. The number of carboxylic acids is 1. The molecule has 0 saturated carbocycles. The van der Waals surface area contributed by atoms with Gasteiger partial charge in [-0.15, -0.1) is 0 Å². The molecule has 1 rings (SSSR count). The summed E-state index contributed by atoms with van der Waals surface area (Å²) in [5, 5.41) is 8.59. The van der Waals surface area contributed by atoms with Crippen molar-refractivity contribution in [3.63, 3.8) is 0 Å². The molecule has 3 N–H and O–H groups in total. The number of nitrogens with two attached hydrogens (primary N) is 1. The van der Waals surface area contributed by atoms with Crippen LogP contribution in [-0.2, 0) is 16.0 Å². The Morgan fingerprint density at radius 3 is 2.41 bits per heavy atom. The molecule has 17 heavy (non-hydrogen) atoms. The van der Waals surface area contributed by atoms with Crippen molar-refractivity contribution < 1.29 is 19.4 Å². The summed E-state index contributed by atoms with van der Waals surface area (Å²) < 4.78 is 5.36. The van der Waals surface area contributed by atoms with Crippen molar-refractivity contribution in [1.29, 1.82) is 0 Å². The van der Waals surface area contributed by atoms with E-state index >= 15 is 0 Å². The first kappa shape index (κ1) is 13.0. The summed E-state index contributed by atoms with van der Waals surface area (Å²) in [4.78, 5) is 20.9. The normalized spacial score (nSPS) is 9.88. The van der Waals surface area contributed by atoms with Gasteiger partial charge in [0.05, 0.1) is 13.0 Å². The lowest BCUT2D eigenvalue weighted by atomic mass is 10.1. The molecular weight excluding hydrogens is 222 g/mol. The number of amides is 1. The third-order valence-corrected chi connectivity index (χ3v) is 2.11. The fraction of sp³-hybridized carbons (Fsp3) is 0.333. The number of hydrogen-bond acceptors (Lipinski definition) is 3. The number of rotatable bonds is 7. The van der Waals surface area contributed by atoms with Crippen LogP contribution in [0.3, 0.4) is 0 Å². The second-order valence-electron chi connectivity index (χ2n) is 3.63. The molecule has 0 heterocycles. The van der Waals surface area contributed by atoms with Crippen molar-refractivity contribution in [2.45, 2.75) is 19.3 Å². The Balaban J connectivity index is 2.35. The van der Waals surface area contributed by atoms with Crippen molar-refractivity contribution >= 4 is 11.9 Å². The van der Waals surface area contributed by atoms with E-state index < -0.39 is 5.97 Å². The number of aliphatic carboxylic acids is 1. The zero-order valence-corrected chi connectivity index (χ0v) is 9.39. The highest BCUT2D eigenvalue weighted by molar-refractivity contribution is 5.73. The van der Waals surface area contributed by atoms with E-state index in [4.69, 9.17) is 15.6 Å². The van der Waals surface area contributed by atoms with E-state index in [9.17, 15) is 9.59 Å². The van der Waals surface area contributed by atoms with Crippen molar-refractivity contribution in [2.75, 3.05) is 6.61 Å². The second-order valence-corrected chi connectivity index (χ2v) is 3.63. The van der Waals surface area contributed by atoms with Gasteiger partial charge in [-0.3, -0.25) is 9.59 Å². The van der Waals surface area contributed by atoms with E-state index in [-0.39, 0.29) is 12.3 Å². The number of primary amides is 1. The fourth-order valence-corrected chi connectivity index (χ4v) is 1.31. The maximum absolute atomic E-state index is 10.5. The topological polar surface area (TPSA) is 89.6 Å².